The summed E-state index contributed by atoms with van der Waals surface area (Å²) in [5, 5.41) is 3.08. The van der Waals surface area contributed by atoms with E-state index < -0.39 is 6.09 Å². The maximum absolute atomic E-state index is 11.2. The van der Waals surface area contributed by atoms with Gasteiger partial charge in [0.05, 0.1) is 18.2 Å². The molecule has 1 aromatic carbocycles. The normalized spacial score (nSPS) is 9.12. The number of carbonyl (C=O) groups excluding carboxylic acids is 1. The second kappa shape index (κ2) is 6.79. The van der Waals surface area contributed by atoms with Gasteiger partial charge in [-0.15, -0.1) is 0 Å². The van der Waals surface area contributed by atoms with Crippen molar-refractivity contribution in [2.24, 2.45) is 5.73 Å². The van der Waals surface area contributed by atoms with E-state index in [-0.39, 0.29) is 6.54 Å². The van der Waals surface area contributed by atoms with Crippen molar-refractivity contribution in [1.82, 2.24) is 0 Å². The molecule has 5 heteroatoms. The molecule has 1 aromatic rings. The molecule has 0 aromatic heterocycles. The highest BCUT2D eigenvalue weighted by Crippen LogP contribution is 2.19. The van der Waals surface area contributed by atoms with E-state index in [4.69, 9.17) is 22.1 Å². The topological polar surface area (TPSA) is 64.3 Å². The van der Waals surface area contributed by atoms with E-state index in [1.165, 1.54) is 0 Å². The second-order valence-corrected chi connectivity index (χ2v) is 3.45. The van der Waals surface area contributed by atoms with Gasteiger partial charge in [-0.3, -0.25) is 5.32 Å². The van der Waals surface area contributed by atoms with Gasteiger partial charge >= 0.3 is 6.09 Å². The zero-order valence-corrected chi connectivity index (χ0v) is 10.2. The summed E-state index contributed by atoms with van der Waals surface area (Å²) >= 11 is 5.94. The minimum atomic E-state index is -0.507. The standard InChI is InChI=1S/C12H13ClN2O2/c1-2-17-12(16)15-10-5-6-11(13)9(8-10)4-3-7-14/h5-6,8H,2,7,14H2,1H3,(H,15,16). The van der Waals surface area contributed by atoms with Crippen LogP contribution in [-0.4, -0.2) is 19.2 Å². The van der Waals surface area contributed by atoms with Crippen LogP contribution in [0, 0.1) is 11.8 Å². The van der Waals surface area contributed by atoms with Crippen LogP contribution in [0.25, 0.3) is 0 Å². The van der Waals surface area contributed by atoms with Crippen LogP contribution in [0.1, 0.15) is 12.5 Å². The van der Waals surface area contributed by atoms with Gasteiger partial charge in [0.2, 0.25) is 0 Å². The predicted octanol–water partition coefficient (Wildman–Crippen LogP) is 2.22. The minimum Gasteiger partial charge on any atom is -0.450 e. The first-order valence-corrected chi connectivity index (χ1v) is 5.47. The Bertz CT molecular complexity index is 463. The Balaban J connectivity index is 2.85. The van der Waals surface area contributed by atoms with Gasteiger partial charge in [0.25, 0.3) is 0 Å². The number of ether oxygens (including phenoxy) is 1. The molecule has 0 heterocycles. The van der Waals surface area contributed by atoms with Crippen molar-refractivity contribution in [3.63, 3.8) is 0 Å². The lowest BCUT2D eigenvalue weighted by molar-refractivity contribution is 0.168. The highest BCUT2D eigenvalue weighted by molar-refractivity contribution is 6.31. The van der Waals surface area contributed by atoms with E-state index in [1.54, 1.807) is 25.1 Å². The van der Waals surface area contributed by atoms with Crippen molar-refractivity contribution in [2.75, 3.05) is 18.5 Å². The molecule has 0 bridgehead atoms. The number of nitrogens with one attached hydrogen (secondary N) is 1. The van der Waals surface area contributed by atoms with Crippen molar-refractivity contribution in [3.05, 3.63) is 28.8 Å². The van der Waals surface area contributed by atoms with E-state index in [2.05, 4.69) is 17.2 Å². The quantitative estimate of drug-likeness (QED) is 0.794. The smallest absolute Gasteiger partial charge is 0.411 e. The van der Waals surface area contributed by atoms with Crippen LogP contribution in [0.5, 0.6) is 0 Å². The van der Waals surface area contributed by atoms with Crippen LogP contribution in [0.3, 0.4) is 0 Å². The van der Waals surface area contributed by atoms with Gasteiger partial charge in [0.1, 0.15) is 0 Å². The summed E-state index contributed by atoms with van der Waals surface area (Å²) in [6.45, 7) is 2.31. The fourth-order valence-corrected chi connectivity index (χ4v) is 1.29. The number of benzene rings is 1. The lowest BCUT2D eigenvalue weighted by Gasteiger charge is -2.06. The lowest BCUT2D eigenvalue weighted by atomic mass is 10.2. The molecule has 0 fully saturated rings. The van der Waals surface area contributed by atoms with Gasteiger partial charge in [-0.25, -0.2) is 4.79 Å². The maximum atomic E-state index is 11.2. The number of anilines is 1. The summed E-state index contributed by atoms with van der Waals surface area (Å²) in [6.07, 6.45) is -0.507. The zero-order chi connectivity index (χ0) is 12.7. The van der Waals surface area contributed by atoms with Crippen molar-refractivity contribution < 1.29 is 9.53 Å². The number of amides is 1. The molecule has 17 heavy (non-hydrogen) atoms. The summed E-state index contributed by atoms with van der Waals surface area (Å²) in [4.78, 5) is 11.2. The molecule has 0 saturated heterocycles. The van der Waals surface area contributed by atoms with E-state index >= 15 is 0 Å². The fourth-order valence-electron chi connectivity index (χ4n) is 1.13. The average molecular weight is 253 g/mol. The molecule has 0 saturated carbocycles. The number of rotatable bonds is 2. The largest absolute Gasteiger partial charge is 0.450 e. The predicted molar refractivity (Wildman–Crippen MR) is 68.0 cm³/mol. The van der Waals surface area contributed by atoms with Crippen LogP contribution in [-0.2, 0) is 4.74 Å². The van der Waals surface area contributed by atoms with Crippen molar-refractivity contribution in [3.8, 4) is 11.8 Å². The van der Waals surface area contributed by atoms with Gasteiger partial charge in [-0.2, -0.15) is 0 Å². The molecule has 0 unspecified atom stereocenters. The third-order valence-electron chi connectivity index (χ3n) is 1.81. The Morgan fingerprint density at radius 2 is 2.35 bits per heavy atom. The van der Waals surface area contributed by atoms with Crippen molar-refractivity contribution in [2.45, 2.75) is 6.92 Å². The van der Waals surface area contributed by atoms with Gasteiger partial charge in [-0.1, -0.05) is 23.4 Å². The monoisotopic (exact) mass is 252 g/mol. The molecule has 4 nitrogen and oxygen atoms in total. The number of hydrogen-bond donors (Lipinski definition) is 2. The van der Waals surface area contributed by atoms with Crippen LogP contribution in [0.2, 0.25) is 5.02 Å². The molecule has 0 atom stereocenters. The number of hydrogen-bond acceptors (Lipinski definition) is 3. The van der Waals surface area contributed by atoms with Gasteiger partial charge in [-0.05, 0) is 25.1 Å². The molecule has 0 aliphatic heterocycles. The van der Waals surface area contributed by atoms with Crippen LogP contribution >= 0.6 is 11.6 Å². The van der Waals surface area contributed by atoms with E-state index in [0.717, 1.165) is 0 Å². The number of halogens is 1. The van der Waals surface area contributed by atoms with E-state index in [1.807, 2.05) is 0 Å². The molecular formula is C12H13ClN2O2. The SMILES string of the molecule is CCOC(=O)Nc1ccc(Cl)c(C#CCN)c1. The number of carbonyl (C=O) groups is 1. The Kier molecular flexibility index (Phi) is 5.34. The Morgan fingerprint density at radius 3 is 3.00 bits per heavy atom. The third-order valence-corrected chi connectivity index (χ3v) is 2.14. The van der Waals surface area contributed by atoms with Crippen LogP contribution in [0.4, 0.5) is 10.5 Å². The molecule has 1 rings (SSSR count). The lowest BCUT2D eigenvalue weighted by Crippen LogP contribution is -2.13. The summed E-state index contributed by atoms with van der Waals surface area (Å²) in [6, 6.07) is 5.00. The molecule has 0 radical (unpaired) electrons. The molecule has 0 spiro atoms. The van der Waals surface area contributed by atoms with Gasteiger partial charge in [0, 0.05) is 11.3 Å². The summed E-state index contributed by atoms with van der Waals surface area (Å²) in [7, 11) is 0. The Labute approximate surface area is 105 Å². The van der Waals surface area contributed by atoms with Crippen molar-refractivity contribution in [1.29, 1.82) is 0 Å². The first-order valence-electron chi connectivity index (χ1n) is 5.09. The summed E-state index contributed by atoms with van der Waals surface area (Å²) < 4.78 is 4.76. The molecule has 0 aliphatic rings. The van der Waals surface area contributed by atoms with E-state index in [9.17, 15) is 4.79 Å². The molecule has 0 aliphatic carbocycles. The first-order chi connectivity index (χ1) is 8.17. The zero-order valence-electron chi connectivity index (χ0n) is 9.42. The average Bonchev–Trinajstić information content (AvgIpc) is 2.30. The highest BCUT2D eigenvalue weighted by atomic mass is 35.5. The van der Waals surface area contributed by atoms with E-state index in [0.29, 0.717) is 22.9 Å². The fraction of sp³-hybridized carbons (Fsp3) is 0.250. The minimum absolute atomic E-state index is 0.256. The molecule has 90 valence electrons. The second-order valence-electron chi connectivity index (χ2n) is 3.05. The van der Waals surface area contributed by atoms with Crippen LogP contribution < -0.4 is 11.1 Å². The first kappa shape index (κ1) is 13.4. The molecule has 3 N–H and O–H groups in total. The third kappa shape index (κ3) is 4.35. The van der Waals surface area contributed by atoms with Gasteiger partial charge in [0.15, 0.2) is 0 Å². The Hall–Kier alpha value is -1.70. The number of nitrogens with two attached hydrogens (primary N) is 1. The highest BCUT2D eigenvalue weighted by Gasteiger charge is 2.04. The summed E-state index contributed by atoms with van der Waals surface area (Å²) in [5.74, 6) is 5.52. The molecule has 1 amide bonds. The summed E-state index contributed by atoms with van der Waals surface area (Å²) in [5.41, 5.74) is 6.47. The van der Waals surface area contributed by atoms with Crippen molar-refractivity contribution >= 4 is 23.4 Å². The van der Waals surface area contributed by atoms with Crippen LogP contribution in [0.15, 0.2) is 18.2 Å². The molecular weight excluding hydrogens is 240 g/mol. The van der Waals surface area contributed by atoms with Gasteiger partial charge < -0.3 is 10.5 Å². The maximum Gasteiger partial charge on any atom is 0.411 e. The Morgan fingerprint density at radius 1 is 1.59 bits per heavy atom.